The van der Waals surface area contributed by atoms with Crippen LogP contribution in [0.25, 0.3) is 0 Å². The Morgan fingerprint density at radius 1 is 1.18 bits per heavy atom. The lowest BCUT2D eigenvalue weighted by molar-refractivity contribution is 0.494. The van der Waals surface area contributed by atoms with Gasteiger partial charge in [0, 0.05) is 4.47 Å². The van der Waals surface area contributed by atoms with E-state index in [0.717, 1.165) is 20.4 Å². The van der Waals surface area contributed by atoms with Crippen molar-refractivity contribution in [3.05, 3.63) is 48.7 Å². The Morgan fingerprint density at radius 3 is 2.53 bits per heavy atom. The minimum atomic E-state index is 0.575. The van der Waals surface area contributed by atoms with Gasteiger partial charge in [0.05, 0.1) is 21.7 Å². The SMILES string of the molecule is Clc1cc(Br)ccc1NCc1cc(Br)c(Br)o1. The van der Waals surface area contributed by atoms with Crippen molar-refractivity contribution < 1.29 is 4.42 Å². The highest BCUT2D eigenvalue weighted by Gasteiger charge is 2.06. The van der Waals surface area contributed by atoms with E-state index < -0.39 is 0 Å². The molecule has 0 bridgehead atoms. The Balaban J connectivity index is 2.07. The third-order valence-corrected chi connectivity index (χ3v) is 4.60. The topological polar surface area (TPSA) is 25.2 Å². The monoisotopic (exact) mass is 441 g/mol. The van der Waals surface area contributed by atoms with Gasteiger partial charge in [0.2, 0.25) is 0 Å². The first-order chi connectivity index (χ1) is 8.06. The third kappa shape index (κ3) is 3.50. The van der Waals surface area contributed by atoms with Gasteiger partial charge in [-0.05, 0) is 56.1 Å². The molecule has 1 heterocycles. The van der Waals surface area contributed by atoms with Gasteiger partial charge >= 0.3 is 0 Å². The normalized spacial score (nSPS) is 10.6. The molecule has 1 aromatic heterocycles. The van der Waals surface area contributed by atoms with Crippen LogP contribution in [0.2, 0.25) is 5.02 Å². The summed E-state index contributed by atoms with van der Waals surface area (Å²) in [5, 5.41) is 3.88. The third-order valence-electron chi connectivity index (χ3n) is 2.08. The number of halogens is 4. The molecule has 2 aromatic rings. The van der Waals surface area contributed by atoms with Gasteiger partial charge in [-0.1, -0.05) is 27.5 Å². The van der Waals surface area contributed by atoms with E-state index in [9.17, 15) is 0 Å². The molecule has 0 spiro atoms. The quantitative estimate of drug-likeness (QED) is 0.644. The van der Waals surface area contributed by atoms with Crippen LogP contribution in [0.15, 0.2) is 42.3 Å². The molecule has 0 amide bonds. The van der Waals surface area contributed by atoms with Crippen LogP contribution in [0.3, 0.4) is 0 Å². The van der Waals surface area contributed by atoms with Crippen LogP contribution in [0, 0.1) is 0 Å². The van der Waals surface area contributed by atoms with Crippen LogP contribution in [-0.2, 0) is 6.54 Å². The summed E-state index contributed by atoms with van der Waals surface area (Å²) in [5.74, 6) is 0.822. The average molecular weight is 444 g/mol. The summed E-state index contributed by atoms with van der Waals surface area (Å²) in [6, 6.07) is 7.60. The molecule has 0 aliphatic heterocycles. The lowest BCUT2D eigenvalue weighted by Crippen LogP contribution is -1.98. The van der Waals surface area contributed by atoms with Crippen molar-refractivity contribution in [2.24, 2.45) is 0 Å². The summed E-state index contributed by atoms with van der Waals surface area (Å²) < 4.78 is 8.00. The summed E-state index contributed by atoms with van der Waals surface area (Å²) in [5.41, 5.74) is 0.874. The van der Waals surface area contributed by atoms with Gasteiger partial charge in [0.15, 0.2) is 4.67 Å². The first kappa shape index (κ1) is 13.5. The largest absolute Gasteiger partial charge is 0.451 e. The average Bonchev–Trinajstić information content (AvgIpc) is 2.57. The Bertz CT molecular complexity index is 522. The van der Waals surface area contributed by atoms with Crippen molar-refractivity contribution in [1.29, 1.82) is 0 Å². The molecule has 2 rings (SSSR count). The van der Waals surface area contributed by atoms with Crippen molar-refractivity contribution in [3.8, 4) is 0 Å². The molecular formula is C11H7Br3ClNO. The van der Waals surface area contributed by atoms with E-state index in [4.69, 9.17) is 16.0 Å². The number of furan rings is 1. The van der Waals surface area contributed by atoms with Crippen molar-refractivity contribution in [2.75, 3.05) is 5.32 Å². The van der Waals surface area contributed by atoms with Crippen molar-refractivity contribution in [1.82, 2.24) is 0 Å². The lowest BCUT2D eigenvalue weighted by atomic mass is 10.3. The van der Waals surface area contributed by atoms with E-state index in [1.165, 1.54) is 0 Å². The van der Waals surface area contributed by atoms with Crippen LogP contribution in [0.5, 0.6) is 0 Å². The first-order valence-corrected chi connectivity index (χ1v) is 7.44. The molecule has 0 fully saturated rings. The predicted octanol–water partition coefficient (Wildman–Crippen LogP) is 5.83. The van der Waals surface area contributed by atoms with Crippen molar-refractivity contribution in [2.45, 2.75) is 6.54 Å². The first-order valence-electron chi connectivity index (χ1n) is 4.69. The smallest absolute Gasteiger partial charge is 0.183 e. The molecule has 0 atom stereocenters. The molecule has 0 unspecified atom stereocenters. The summed E-state index contributed by atoms with van der Waals surface area (Å²) >= 11 is 16.1. The fourth-order valence-corrected chi connectivity index (χ4v) is 2.69. The Hall–Kier alpha value is 0.0300. The zero-order valence-electron chi connectivity index (χ0n) is 8.44. The number of anilines is 1. The maximum absolute atomic E-state index is 6.09. The van der Waals surface area contributed by atoms with Crippen molar-refractivity contribution in [3.63, 3.8) is 0 Å². The van der Waals surface area contributed by atoms with Gasteiger partial charge in [-0.25, -0.2) is 0 Å². The van der Waals surface area contributed by atoms with Gasteiger partial charge in [0.25, 0.3) is 0 Å². The number of rotatable bonds is 3. The van der Waals surface area contributed by atoms with E-state index in [1.807, 2.05) is 24.3 Å². The number of hydrogen-bond donors (Lipinski definition) is 1. The minimum absolute atomic E-state index is 0.575. The second-order valence-corrected chi connectivity index (χ2v) is 6.21. The van der Waals surface area contributed by atoms with Crippen LogP contribution < -0.4 is 5.32 Å². The van der Waals surface area contributed by atoms with Gasteiger partial charge in [-0.2, -0.15) is 0 Å². The molecule has 0 radical (unpaired) electrons. The zero-order valence-corrected chi connectivity index (χ0v) is 14.0. The second kappa shape index (κ2) is 5.78. The number of nitrogens with one attached hydrogen (secondary N) is 1. The van der Waals surface area contributed by atoms with Gasteiger partial charge < -0.3 is 9.73 Å². The fraction of sp³-hybridized carbons (Fsp3) is 0.0909. The summed E-state index contributed by atoms with van der Waals surface area (Å²) in [6.45, 7) is 0.575. The van der Waals surface area contributed by atoms with Gasteiger partial charge in [-0.3, -0.25) is 0 Å². The molecule has 6 heteroatoms. The molecule has 0 aliphatic carbocycles. The van der Waals surface area contributed by atoms with Crippen LogP contribution in [0.1, 0.15) is 5.76 Å². The maximum atomic E-state index is 6.09. The minimum Gasteiger partial charge on any atom is -0.451 e. The standard InChI is InChI=1S/C11H7Br3ClNO/c12-6-1-2-10(9(15)3-6)16-5-7-4-8(13)11(14)17-7/h1-4,16H,5H2. The highest BCUT2D eigenvalue weighted by molar-refractivity contribution is 9.13. The van der Waals surface area contributed by atoms with Crippen LogP contribution in [-0.4, -0.2) is 0 Å². The number of benzene rings is 1. The van der Waals surface area contributed by atoms with Crippen molar-refractivity contribution >= 4 is 65.1 Å². The van der Waals surface area contributed by atoms with Crippen LogP contribution in [0.4, 0.5) is 5.69 Å². The fourth-order valence-electron chi connectivity index (χ4n) is 1.29. The summed E-state index contributed by atoms with van der Waals surface area (Å²) in [4.78, 5) is 0. The Kier molecular flexibility index (Phi) is 4.58. The van der Waals surface area contributed by atoms with E-state index in [-0.39, 0.29) is 0 Å². The molecule has 17 heavy (non-hydrogen) atoms. The van der Waals surface area contributed by atoms with E-state index >= 15 is 0 Å². The molecule has 1 aromatic carbocycles. The van der Waals surface area contributed by atoms with E-state index in [2.05, 4.69) is 53.1 Å². The van der Waals surface area contributed by atoms with E-state index in [1.54, 1.807) is 0 Å². The molecule has 0 aliphatic rings. The maximum Gasteiger partial charge on any atom is 0.183 e. The highest BCUT2D eigenvalue weighted by atomic mass is 79.9. The molecule has 0 saturated carbocycles. The highest BCUT2D eigenvalue weighted by Crippen LogP contribution is 2.29. The molecule has 0 saturated heterocycles. The second-order valence-electron chi connectivity index (χ2n) is 3.31. The Labute approximate surface area is 129 Å². The zero-order chi connectivity index (χ0) is 12.4. The molecule has 90 valence electrons. The number of hydrogen-bond acceptors (Lipinski definition) is 2. The predicted molar refractivity (Wildman–Crippen MR) is 80.6 cm³/mol. The Morgan fingerprint density at radius 2 is 1.94 bits per heavy atom. The van der Waals surface area contributed by atoms with Gasteiger partial charge in [0.1, 0.15) is 5.76 Å². The molecular weight excluding hydrogens is 437 g/mol. The molecule has 1 N–H and O–H groups in total. The van der Waals surface area contributed by atoms with Crippen LogP contribution >= 0.6 is 59.4 Å². The van der Waals surface area contributed by atoms with E-state index in [0.29, 0.717) is 16.2 Å². The lowest BCUT2D eigenvalue weighted by Gasteiger charge is -2.06. The molecule has 2 nitrogen and oxygen atoms in total. The van der Waals surface area contributed by atoms with Gasteiger partial charge in [-0.15, -0.1) is 0 Å². The summed E-state index contributed by atoms with van der Waals surface area (Å²) in [6.07, 6.45) is 0. The summed E-state index contributed by atoms with van der Waals surface area (Å²) in [7, 11) is 0.